The first-order valence-corrected chi connectivity index (χ1v) is 16.5. The van der Waals surface area contributed by atoms with E-state index in [2.05, 4.69) is 64.6 Å². The summed E-state index contributed by atoms with van der Waals surface area (Å²) in [5.41, 5.74) is 6.47. The average Bonchev–Trinajstić information content (AvgIpc) is 3.47. The monoisotopic (exact) mass is 582 g/mol. The molecule has 8 nitrogen and oxygen atoms in total. The van der Waals surface area contributed by atoms with Crippen LogP contribution in [0.2, 0.25) is 0 Å². The van der Waals surface area contributed by atoms with Crippen LogP contribution in [0.15, 0.2) is 24.3 Å². The molecule has 0 aromatic carbocycles. The van der Waals surface area contributed by atoms with E-state index in [4.69, 9.17) is 15.2 Å². The van der Waals surface area contributed by atoms with Gasteiger partial charge in [0.05, 0.1) is 37.9 Å². The molecule has 0 unspecified atom stereocenters. The van der Waals surface area contributed by atoms with Crippen molar-refractivity contribution in [3.63, 3.8) is 0 Å². The maximum absolute atomic E-state index is 13.4. The largest absolute Gasteiger partial charge is 0.481 e. The van der Waals surface area contributed by atoms with Gasteiger partial charge in [0.2, 0.25) is 0 Å². The SMILES string of the molecule is CC(C)[C@@H](C)[C@@]1(C)CC[C@]2(C)[C@H]3CC[C@@H]4[C@@]5(C)COC[C@@]4(C3=CC[C@@]2(C)[C@@H]1C(=O)O)[C@@H](OCCN)[C@H](n1cncn1)C5. The molecular weight excluding hydrogens is 528 g/mol. The Morgan fingerprint density at radius 1 is 1.17 bits per heavy atom. The lowest BCUT2D eigenvalue weighted by molar-refractivity contribution is -0.251. The summed E-state index contributed by atoms with van der Waals surface area (Å²) in [5.74, 6) is 0.453. The van der Waals surface area contributed by atoms with Gasteiger partial charge in [-0.1, -0.05) is 60.1 Å². The molecule has 1 aliphatic heterocycles. The molecule has 4 aliphatic carbocycles. The van der Waals surface area contributed by atoms with Crippen molar-refractivity contribution in [2.45, 2.75) is 99.1 Å². The van der Waals surface area contributed by atoms with Gasteiger partial charge in [-0.05, 0) is 83.9 Å². The molecule has 5 aliphatic rings. The zero-order chi connectivity index (χ0) is 30.3. The number of carboxylic acid groups (broad SMARTS) is 1. The van der Waals surface area contributed by atoms with Crippen molar-refractivity contribution in [1.82, 2.24) is 14.8 Å². The molecule has 6 rings (SSSR count). The molecule has 4 fully saturated rings. The zero-order valence-electron chi connectivity index (χ0n) is 26.9. The molecule has 42 heavy (non-hydrogen) atoms. The Morgan fingerprint density at radius 3 is 2.57 bits per heavy atom. The second-order valence-corrected chi connectivity index (χ2v) is 16.1. The minimum absolute atomic E-state index is 0.00760. The molecule has 3 N–H and O–H groups in total. The van der Waals surface area contributed by atoms with Crippen LogP contribution in [0.1, 0.15) is 93.0 Å². The molecule has 234 valence electrons. The number of aliphatic carboxylic acids is 1. The average molecular weight is 583 g/mol. The first-order chi connectivity index (χ1) is 19.8. The van der Waals surface area contributed by atoms with Gasteiger partial charge in [0.15, 0.2) is 0 Å². The number of allylic oxidation sites excluding steroid dienone is 1. The maximum atomic E-state index is 13.4. The van der Waals surface area contributed by atoms with Gasteiger partial charge in [0.25, 0.3) is 0 Å². The molecule has 8 heteroatoms. The summed E-state index contributed by atoms with van der Waals surface area (Å²) >= 11 is 0. The standard InChI is InChI=1S/C34H54N4O4/c1-21(2)22(3)31(5)12-13-32(6)23-8-9-26-30(4)16-25(38-20-36-19-37-38)28(42-15-14-35)34(26,18-41-17-30)24(23)10-11-33(32,7)27(31)29(39)40/h10,19-23,25-28H,8-9,11-18,35H2,1-7H3,(H,39,40)/t22-,23+,25-,26-,27-,28+,30-,31-,32-,33+,34+/m1/s1. The van der Waals surface area contributed by atoms with Crippen molar-refractivity contribution in [2.75, 3.05) is 26.4 Å². The molecule has 2 bridgehead atoms. The van der Waals surface area contributed by atoms with E-state index >= 15 is 0 Å². The second kappa shape index (κ2) is 10.1. The summed E-state index contributed by atoms with van der Waals surface area (Å²) < 4.78 is 15.4. The van der Waals surface area contributed by atoms with Crippen molar-refractivity contribution >= 4 is 5.97 Å². The molecule has 11 atom stereocenters. The Morgan fingerprint density at radius 2 is 1.93 bits per heavy atom. The lowest BCUT2D eigenvalue weighted by atomic mass is 9.34. The van der Waals surface area contributed by atoms with E-state index in [-0.39, 0.29) is 45.1 Å². The Bertz CT molecular complexity index is 1220. The number of hydrogen-bond acceptors (Lipinski definition) is 6. The number of hydrogen-bond donors (Lipinski definition) is 2. The van der Waals surface area contributed by atoms with E-state index in [1.165, 1.54) is 5.57 Å². The fourth-order valence-corrected chi connectivity index (χ4v) is 11.7. The molecule has 1 aromatic rings. The van der Waals surface area contributed by atoms with Gasteiger partial charge in [-0.15, -0.1) is 0 Å². The highest BCUT2D eigenvalue weighted by molar-refractivity contribution is 5.73. The number of nitrogens with two attached hydrogens (primary N) is 1. The Hall–Kier alpha value is -1.77. The summed E-state index contributed by atoms with van der Waals surface area (Å²) in [6.07, 6.45) is 11.7. The van der Waals surface area contributed by atoms with Crippen LogP contribution in [0.5, 0.6) is 0 Å². The summed E-state index contributed by atoms with van der Waals surface area (Å²) in [6.45, 7) is 18.5. The normalized spacial score (nSPS) is 47.2. The second-order valence-electron chi connectivity index (χ2n) is 16.1. The number of carbonyl (C=O) groups is 1. The summed E-state index contributed by atoms with van der Waals surface area (Å²) in [5, 5.41) is 15.6. The van der Waals surface area contributed by atoms with Crippen LogP contribution < -0.4 is 5.73 Å². The number of nitrogens with zero attached hydrogens (tertiary/aromatic N) is 3. The van der Waals surface area contributed by atoms with Crippen LogP contribution in [0.4, 0.5) is 0 Å². The van der Waals surface area contributed by atoms with Gasteiger partial charge in [0, 0.05) is 12.0 Å². The highest BCUT2D eigenvalue weighted by Crippen LogP contribution is 2.75. The predicted molar refractivity (Wildman–Crippen MR) is 161 cm³/mol. The number of carboxylic acids is 1. The summed E-state index contributed by atoms with van der Waals surface area (Å²) in [4.78, 5) is 17.7. The van der Waals surface area contributed by atoms with E-state index in [9.17, 15) is 9.90 Å². The number of aromatic nitrogens is 3. The third-order valence-corrected chi connectivity index (χ3v) is 14.2. The van der Waals surface area contributed by atoms with Crippen LogP contribution in [0.25, 0.3) is 0 Å². The number of ether oxygens (including phenoxy) is 2. The van der Waals surface area contributed by atoms with Gasteiger partial charge >= 0.3 is 5.97 Å². The van der Waals surface area contributed by atoms with E-state index in [0.29, 0.717) is 37.5 Å². The molecule has 1 aromatic heterocycles. The third kappa shape index (κ3) is 3.86. The fraction of sp³-hybridized carbons (Fsp3) is 0.853. The van der Waals surface area contributed by atoms with Gasteiger partial charge in [-0.25, -0.2) is 9.67 Å². The molecule has 0 spiro atoms. The highest BCUT2D eigenvalue weighted by Gasteiger charge is 2.72. The first-order valence-electron chi connectivity index (χ1n) is 16.5. The molecular formula is C34H54N4O4. The van der Waals surface area contributed by atoms with Crippen molar-refractivity contribution in [3.8, 4) is 0 Å². The smallest absolute Gasteiger partial charge is 0.307 e. The van der Waals surface area contributed by atoms with Crippen LogP contribution >= 0.6 is 0 Å². The topological polar surface area (TPSA) is 112 Å². The minimum Gasteiger partial charge on any atom is -0.481 e. The lowest BCUT2D eigenvalue weighted by Gasteiger charge is -2.71. The van der Waals surface area contributed by atoms with Gasteiger partial charge in [0.1, 0.15) is 12.7 Å². The third-order valence-electron chi connectivity index (χ3n) is 14.2. The predicted octanol–water partition coefficient (Wildman–Crippen LogP) is 5.75. The highest BCUT2D eigenvalue weighted by atomic mass is 16.5. The number of rotatable bonds is 7. The minimum atomic E-state index is -0.622. The molecule has 1 saturated heterocycles. The fourth-order valence-electron chi connectivity index (χ4n) is 11.7. The van der Waals surface area contributed by atoms with E-state index in [0.717, 1.165) is 45.1 Å². The van der Waals surface area contributed by atoms with Gasteiger partial charge in [-0.2, -0.15) is 5.10 Å². The van der Waals surface area contributed by atoms with E-state index < -0.39 is 11.9 Å². The molecule has 0 radical (unpaired) electrons. The van der Waals surface area contributed by atoms with Gasteiger partial charge < -0.3 is 20.3 Å². The maximum Gasteiger partial charge on any atom is 0.307 e. The van der Waals surface area contributed by atoms with E-state index in [1.807, 2.05) is 11.0 Å². The molecule has 3 saturated carbocycles. The van der Waals surface area contributed by atoms with Crippen molar-refractivity contribution in [3.05, 3.63) is 24.3 Å². The Balaban J connectivity index is 1.50. The van der Waals surface area contributed by atoms with Crippen LogP contribution in [0.3, 0.4) is 0 Å². The Kier molecular flexibility index (Phi) is 7.30. The summed E-state index contributed by atoms with van der Waals surface area (Å²) in [7, 11) is 0. The summed E-state index contributed by atoms with van der Waals surface area (Å²) in [6, 6.07) is 0.0401. The first kappa shape index (κ1) is 30.3. The molecule has 0 amide bonds. The van der Waals surface area contributed by atoms with Crippen molar-refractivity contribution < 1.29 is 19.4 Å². The van der Waals surface area contributed by atoms with Crippen LogP contribution in [0, 0.1) is 56.7 Å². The van der Waals surface area contributed by atoms with Crippen molar-refractivity contribution in [2.24, 2.45) is 62.4 Å². The lowest BCUT2D eigenvalue weighted by Crippen LogP contribution is -2.70. The van der Waals surface area contributed by atoms with Crippen LogP contribution in [-0.4, -0.2) is 58.3 Å². The van der Waals surface area contributed by atoms with Crippen molar-refractivity contribution in [1.29, 1.82) is 0 Å². The molecule has 2 heterocycles. The number of fused-ring (bicyclic) bond motifs is 3. The van der Waals surface area contributed by atoms with Gasteiger partial charge in [-0.3, -0.25) is 4.79 Å². The quantitative estimate of drug-likeness (QED) is 0.394. The zero-order valence-corrected chi connectivity index (χ0v) is 26.9. The van der Waals surface area contributed by atoms with E-state index in [1.54, 1.807) is 6.33 Å². The van der Waals surface area contributed by atoms with Crippen LogP contribution in [-0.2, 0) is 14.3 Å². The Labute approximate surface area is 252 Å².